The molecule has 1 heterocycles. The van der Waals surface area contributed by atoms with Gasteiger partial charge >= 0.3 is 0 Å². The molecule has 33 heavy (non-hydrogen) atoms. The number of nitrogens with two attached hydrogens (primary N) is 2. The van der Waals surface area contributed by atoms with Crippen molar-refractivity contribution >= 4 is 11.4 Å². The topological polar surface area (TPSA) is 76.4 Å². The van der Waals surface area contributed by atoms with Gasteiger partial charge in [-0.1, -0.05) is 86.7 Å². The van der Waals surface area contributed by atoms with Crippen LogP contribution in [0.3, 0.4) is 0 Å². The lowest BCUT2D eigenvalue weighted by Crippen LogP contribution is -2.26. The van der Waals surface area contributed by atoms with E-state index in [-0.39, 0.29) is 0 Å². The lowest BCUT2D eigenvalue weighted by molar-refractivity contribution is 0.611. The zero-order valence-corrected chi connectivity index (χ0v) is 20.2. The minimum atomic E-state index is -0.768. The van der Waals surface area contributed by atoms with Gasteiger partial charge in [0.2, 0.25) is 0 Å². The summed E-state index contributed by atoms with van der Waals surface area (Å²) in [4.78, 5) is 5.08. The van der Waals surface area contributed by atoms with Crippen molar-refractivity contribution in [3.63, 3.8) is 0 Å². The summed E-state index contributed by atoms with van der Waals surface area (Å²) in [5, 5.41) is 3.40. The SMILES string of the molecule is C=C/C(=C\C=C(C)C)C1(c2cccc(/C(=C/NCC(C)C)CN)c2)N=C(N)c2ccccc21. The predicted molar refractivity (Wildman–Crippen MR) is 142 cm³/mol. The van der Waals surface area contributed by atoms with Crippen molar-refractivity contribution in [3.05, 3.63) is 113 Å². The molecular weight excluding hydrogens is 404 g/mol. The van der Waals surface area contributed by atoms with E-state index < -0.39 is 5.54 Å². The summed E-state index contributed by atoms with van der Waals surface area (Å²) in [5.74, 6) is 1.09. The van der Waals surface area contributed by atoms with Crippen molar-refractivity contribution in [3.8, 4) is 0 Å². The number of rotatable bonds is 9. The molecule has 0 spiro atoms. The van der Waals surface area contributed by atoms with Crippen molar-refractivity contribution in [2.75, 3.05) is 13.1 Å². The molecule has 5 N–H and O–H groups in total. The fourth-order valence-corrected chi connectivity index (χ4v) is 4.14. The van der Waals surface area contributed by atoms with Crippen LogP contribution in [0.4, 0.5) is 0 Å². The van der Waals surface area contributed by atoms with E-state index in [0.29, 0.717) is 18.3 Å². The Morgan fingerprint density at radius 1 is 1.12 bits per heavy atom. The molecule has 0 amide bonds. The summed E-state index contributed by atoms with van der Waals surface area (Å²) in [6.07, 6.45) is 8.10. The summed E-state index contributed by atoms with van der Waals surface area (Å²) >= 11 is 0. The van der Waals surface area contributed by atoms with Crippen molar-refractivity contribution in [1.82, 2.24) is 5.32 Å². The van der Waals surface area contributed by atoms with E-state index in [1.807, 2.05) is 30.5 Å². The van der Waals surface area contributed by atoms with E-state index in [9.17, 15) is 0 Å². The first-order valence-electron chi connectivity index (χ1n) is 11.5. The maximum absolute atomic E-state index is 6.46. The highest BCUT2D eigenvalue weighted by atomic mass is 15.0. The van der Waals surface area contributed by atoms with E-state index in [4.69, 9.17) is 16.5 Å². The second kappa shape index (κ2) is 10.5. The van der Waals surface area contributed by atoms with Gasteiger partial charge in [0.1, 0.15) is 11.4 Å². The van der Waals surface area contributed by atoms with Crippen LogP contribution in [-0.4, -0.2) is 18.9 Å². The van der Waals surface area contributed by atoms with Gasteiger partial charge in [0, 0.05) is 24.9 Å². The lowest BCUT2D eigenvalue weighted by atomic mass is 9.76. The molecule has 4 nitrogen and oxygen atoms in total. The second-order valence-corrected chi connectivity index (χ2v) is 9.08. The molecule has 3 rings (SSSR count). The molecule has 4 heteroatoms. The number of benzene rings is 2. The summed E-state index contributed by atoms with van der Waals surface area (Å²) in [7, 11) is 0. The van der Waals surface area contributed by atoms with Gasteiger partial charge in [-0.15, -0.1) is 0 Å². The van der Waals surface area contributed by atoms with Crippen molar-refractivity contribution in [2.24, 2.45) is 22.4 Å². The first kappa shape index (κ1) is 24.3. The summed E-state index contributed by atoms with van der Waals surface area (Å²) in [5.41, 5.74) is 19.2. The Balaban J connectivity index is 2.23. The molecule has 0 aliphatic carbocycles. The molecule has 0 bridgehead atoms. The molecule has 2 aromatic rings. The molecule has 172 valence electrons. The molecule has 0 saturated heterocycles. The molecule has 1 atom stereocenters. The number of aliphatic imine (C=N–C) groups is 1. The first-order valence-corrected chi connectivity index (χ1v) is 11.5. The van der Waals surface area contributed by atoms with Gasteiger partial charge in [-0.2, -0.15) is 0 Å². The Kier molecular flexibility index (Phi) is 7.72. The van der Waals surface area contributed by atoms with Gasteiger partial charge in [-0.05, 0) is 53.7 Å². The van der Waals surface area contributed by atoms with Crippen molar-refractivity contribution in [1.29, 1.82) is 0 Å². The lowest BCUT2D eigenvalue weighted by Gasteiger charge is -2.30. The zero-order chi connectivity index (χ0) is 24.0. The minimum Gasteiger partial charge on any atom is -0.390 e. The van der Waals surface area contributed by atoms with Crippen molar-refractivity contribution < 1.29 is 0 Å². The van der Waals surface area contributed by atoms with Gasteiger partial charge in [-0.3, -0.25) is 0 Å². The van der Waals surface area contributed by atoms with Gasteiger partial charge in [0.15, 0.2) is 0 Å². The third kappa shape index (κ3) is 5.01. The Labute approximate surface area is 198 Å². The molecule has 1 aliphatic rings. The molecular formula is C29H36N4. The fourth-order valence-electron chi connectivity index (χ4n) is 4.14. The van der Waals surface area contributed by atoms with Crippen LogP contribution in [0.15, 0.2) is 95.7 Å². The van der Waals surface area contributed by atoms with E-state index >= 15 is 0 Å². The molecule has 1 unspecified atom stereocenters. The molecule has 1 aliphatic heterocycles. The smallest absolute Gasteiger partial charge is 0.139 e. The molecule has 2 aromatic carbocycles. The third-order valence-electron chi connectivity index (χ3n) is 5.79. The van der Waals surface area contributed by atoms with Crippen LogP contribution in [0.1, 0.15) is 49.9 Å². The monoisotopic (exact) mass is 440 g/mol. The first-order chi connectivity index (χ1) is 15.8. The van der Waals surface area contributed by atoms with Crippen LogP contribution in [0.5, 0.6) is 0 Å². The second-order valence-electron chi connectivity index (χ2n) is 9.08. The van der Waals surface area contributed by atoms with Crippen LogP contribution in [0.25, 0.3) is 5.57 Å². The summed E-state index contributed by atoms with van der Waals surface area (Å²) in [6.45, 7) is 14.0. The van der Waals surface area contributed by atoms with E-state index in [2.05, 4.69) is 82.1 Å². The average molecular weight is 441 g/mol. The summed E-state index contributed by atoms with van der Waals surface area (Å²) in [6, 6.07) is 16.6. The number of nitrogens with one attached hydrogen (secondary N) is 1. The van der Waals surface area contributed by atoms with E-state index in [1.165, 1.54) is 5.57 Å². The largest absolute Gasteiger partial charge is 0.390 e. The molecule has 0 fully saturated rings. The molecule has 0 radical (unpaired) electrons. The van der Waals surface area contributed by atoms with Gasteiger partial charge in [-0.25, -0.2) is 4.99 Å². The van der Waals surface area contributed by atoms with Gasteiger partial charge in [0.05, 0.1) is 0 Å². The maximum Gasteiger partial charge on any atom is 0.139 e. The Morgan fingerprint density at radius 3 is 2.55 bits per heavy atom. The Bertz CT molecular complexity index is 1130. The highest BCUT2D eigenvalue weighted by molar-refractivity contribution is 6.03. The summed E-state index contributed by atoms with van der Waals surface area (Å²) < 4.78 is 0. The highest BCUT2D eigenvalue weighted by Gasteiger charge is 2.43. The predicted octanol–water partition coefficient (Wildman–Crippen LogP) is 5.27. The number of amidine groups is 1. The maximum atomic E-state index is 6.46. The average Bonchev–Trinajstić information content (AvgIpc) is 3.10. The van der Waals surface area contributed by atoms with Crippen LogP contribution in [0.2, 0.25) is 0 Å². The Hall–Kier alpha value is -3.37. The third-order valence-corrected chi connectivity index (χ3v) is 5.79. The van der Waals surface area contributed by atoms with Crippen LogP contribution < -0.4 is 16.8 Å². The number of hydrogen-bond donors (Lipinski definition) is 3. The normalized spacial score (nSPS) is 18.1. The van der Waals surface area contributed by atoms with E-state index in [1.54, 1.807) is 0 Å². The number of fused-ring (bicyclic) bond motifs is 1. The highest BCUT2D eigenvalue weighted by Crippen LogP contribution is 2.47. The fraction of sp³-hybridized carbons (Fsp3) is 0.276. The van der Waals surface area contributed by atoms with Gasteiger partial charge < -0.3 is 16.8 Å². The number of hydrogen-bond acceptors (Lipinski definition) is 4. The van der Waals surface area contributed by atoms with Crippen LogP contribution >= 0.6 is 0 Å². The molecule has 0 aromatic heterocycles. The standard InChI is InChI=1S/C29H36N4/c1-6-24(15-14-20(2)3)29(27-13-8-7-12-26(27)28(31)33-29)25-11-9-10-22(16-25)23(17-30)19-32-18-21(4)5/h6-16,19,21,32H,1,17-18,30H2,2-5H3,(H2,31,33)/b23-19+,24-15+. The minimum absolute atomic E-state index is 0.436. The molecule has 0 saturated carbocycles. The van der Waals surface area contributed by atoms with Crippen LogP contribution in [0, 0.1) is 5.92 Å². The zero-order valence-electron chi connectivity index (χ0n) is 20.2. The van der Waals surface area contributed by atoms with E-state index in [0.717, 1.165) is 39.9 Å². The van der Waals surface area contributed by atoms with Crippen LogP contribution in [-0.2, 0) is 5.54 Å². The Morgan fingerprint density at radius 2 is 1.88 bits per heavy atom. The number of allylic oxidation sites excluding steroid dienone is 3. The van der Waals surface area contributed by atoms with Gasteiger partial charge in [0.25, 0.3) is 0 Å². The quantitative estimate of drug-likeness (QED) is 0.465. The van der Waals surface area contributed by atoms with Crippen molar-refractivity contribution in [2.45, 2.75) is 33.2 Å². The number of nitrogens with zero attached hydrogens (tertiary/aromatic N) is 1.